The average molecular weight is 483 g/mol. The Kier molecular flexibility index (Phi) is 47.2. The quantitative estimate of drug-likeness (QED) is 0.161. The molecule has 0 spiro atoms. The minimum atomic E-state index is -2.86. The fraction of sp³-hybridized carbons (Fsp3) is 0.500. The third kappa shape index (κ3) is 91.6. The zero-order chi connectivity index (χ0) is 25.0. The summed E-state index contributed by atoms with van der Waals surface area (Å²) in [5.74, 6) is -5.65. The molecule has 0 amide bonds. The summed E-state index contributed by atoms with van der Waals surface area (Å²) in [6.07, 6.45) is -2.59. The number of aliphatic carboxylic acids is 3. The number of hydrogen-bond acceptors (Lipinski definition) is 18. The third-order valence-corrected chi connectivity index (χ3v) is 1.27. The molecular formula is C6H18B4Na2O19. The summed E-state index contributed by atoms with van der Waals surface area (Å²) in [7, 11) is -8.67. The van der Waals surface area contributed by atoms with E-state index in [4.69, 9.17) is 70.5 Å². The predicted molar refractivity (Wildman–Crippen MR) is 81.5 cm³/mol. The minimum Gasteiger partial charge on any atom is -0.550 e. The zero-order valence-corrected chi connectivity index (χ0v) is 20.0. The SMILES string of the molecule is O=C([O-])CC(O)(CC(=O)[O-])C(=O)O.OB(O)O.OB(O)O.OB(O)O.OB(O)O.[Na+].[Na+]. The Hall–Kier alpha value is 0.150. The van der Waals surface area contributed by atoms with Gasteiger partial charge in [-0.05, 0) is 0 Å². The third-order valence-electron chi connectivity index (χ3n) is 1.27. The fourth-order valence-electron chi connectivity index (χ4n) is 0.691. The first-order valence-corrected chi connectivity index (χ1v) is 6.23. The summed E-state index contributed by atoms with van der Waals surface area (Å²) in [4.78, 5) is 30.2. The van der Waals surface area contributed by atoms with Gasteiger partial charge in [-0.15, -0.1) is 0 Å². The van der Waals surface area contributed by atoms with Gasteiger partial charge in [0.1, 0.15) is 0 Å². The van der Waals surface area contributed by atoms with E-state index in [-0.39, 0.29) is 59.1 Å². The van der Waals surface area contributed by atoms with Crippen LogP contribution in [-0.4, -0.2) is 123 Å². The molecular weight excluding hydrogens is 465 g/mol. The van der Waals surface area contributed by atoms with Gasteiger partial charge in [-0.3, -0.25) is 0 Å². The van der Waals surface area contributed by atoms with Gasteiger partial charge in [-0.2, -0.15) is 0 Å². The number of rotatable bonds is 5. The van der Waals surface area contributed by atoms with Crippen molar-refractivity contribution in [1.29, 1.82) is 0 Å². The van der Waals surface area contributed by atoms with Crippen molar-refractivity contribution in [3.8, 4) is 0 Å². The molecule has 0 fully saturated rings. The molecule has 170 valence electrons. The number of carbonyl (C=O) groups excluding carboxylic acids is 2. The molecule has 0 unspecified atom stereocenters. The molecule has 0 aromatic heterocycles. The van der Waals surface area contributed by atoms with E-state index in [1.54, 1.807) is 0 Å². The van der Waals surface area contributed by atoms with Gasteiger partial charge >= 0.3 is 94.4 Å². The second kappa shape index (κ2) is 30.1. The molecule has 0 aliphatic rings. The molecule has 0 bridgehead atoms. The summed E-state index contributed by atoms with van der Waals surface area (Å²) < 4.78 is 0. The summed E-state index contributed by atoms with van der Waals surface area (Å²) in [5.41, 5.74) is -2.86. The molecule has 0 heterocycles. The summed E-state index contributed by atoms with van der Waals surface area (Å²) >= 11 is 0. The van der Waals surface area contributed by atoms with Gasteiger partial charge in [0.2, 0.25) is 0 Å². The van der Waals surface area contributed by atoms with Crippen molar-refractivity contribution in [2.24, 2.45) is 0 Å². The van der Waals surface area contributed by atoms with Crippen LogP contribution < -0.4 is 69.3 Å². The molecule has 0 saturated heterocycles. The molecule has 14 N–H and O–H groups in total. The van der Waals surface area contributed by atoms with Crippen LogP contribution in [0.5, 0.6) is 0 Å². The number of carbonyl (C=O) groups is 3. The number of carboxylic acids is 3. The Labute approximate surface area is 218 Å². The van der Waals surface area contributed by atoms with Crippen molar-refractivity contribution in [3.05, 3.63) is 0 Å². The Bertz CT molecular complexity index is 373. The Morgan fingerprint density at radius 3 is 0.774 bits per heavy atom. The van der Waals surface area contributed by atoms with E-state index in [1.165, 1.54) is 0 Å². The van der Waals surface area contributed by atoms with Crippen molar-refractivity contribution >= 4 is 47.2 Å². The number of aliphatic hydroxyl groups is 1. The van der Waals surface area contributed by atoms with E-state index < -0.39 is 65.6 Å². The minimum absolute atomic E-state index is 0. The molecule has 0 aromatic carbocycles. The van der Waals surface area contributed by atoms with Crippen LogP contribution in [0.4, 0.5) is 0 Å². The first kappa shape index (κ1) is 48.6. The Morgan fingerprint density at radius 2 is 0.710 bits per heavy atom. The summed E-state index contributed by atoms with van der Waals surface area (Å²) in [6, 6.07) is 0. The van der Waals surface area contributed by atoms with Crippen LogP contribution in [0.25, 0.3) is 0 Å². The first-order chi connectivity index (χ1) is 12.7. The van der Waals surface area contributed by atoms with Crippen molar-refractivity contribution in [2.45, 2.75) is 18.4 Å². The van der Waals surface area contributed by atoms with Gasteiger partial charge in [-0.25, -0.2) is 4.79 Å². The maximum atomic E-state index is 10.3. The Balaban J connectivity index is -0.0000000533. The van der Waals surface area contributed by atoms with Gasteiger partial charge in [0, 0.05) is 24.8 Å². The number of hydrogen-bond donors (Lipinski definition) is 14. The van der Waals surface area contributed by atoms with Crippen LogP contribution >= 0.6 is 0 Å². The van der Waals surface area contributed by atoms with E-state index in [0.29, 0.717) is 0 Å². The van der Waals surface area contributed by atoms with E-state index in [2.05, 4.69) is 0 Å². The maximum absolute atomic E-state index is 10.3. The summed E-state index contributed by atoms with van der Waals surface area (Å²) in [5, 5.41) is 123. The average Bonchev–Trinajstić information content (AvgIpc) is 2.32. The van der Waals surface area contributed by atoms with Crippen LogP contribution in [0, 0.1) is 0 Å². The van der Waals surface area contributed by atoms with Gasteiger partial charge in [0.15, 0.2) is 5.60 Å². The first-order valence-electron chi connectivity index (χ1n) is 6.23. The van der Waals surface area contributed by atoms with E-state index in [1.807, 2.05) is 0 Å². The standard InChI is InChI=1S/C6H8O7.4BH3O3.2Na/c7-3(8)1-6(13,5(11)12)2-4(9)10;4*2-1(3)4;;/h13H,1-2H2,(H,7,8)(H,9,10)(H,11,12);4*2-4H;;/q;;;;;2*+1/p-2. The molecule has 31 heavy (non-hydrogen) atoms. The monoisotopic (exact) mass is 484 g/mol. The largest absolute Gasteiger partial charge is 1.00 e. The zero-order valence-electron chi connectivity index (χ0n) is 16.0. The molecule has 25 heteroatoms. The maximum Gasteiger partial charge on any atom is 1.00 e. The van der Waals surface area contributed by atoms with E-state index >= 15 is 0 Å². The number of carboxylic acid groups (broad SMARTS) is 3. The summed E-state index contributed by atoms with van der Waals surface area (Å²) in [6.45, 7) is 0. The van der Waals surface area contributed by atoms with Gasteiger partial charge in [0.05, 0.1) is 0 Å². The fourth-order valence-corrected chi connectivity index (χ4v) is 0.691. The molecule has 0 aliphatic carbocycles. The Morgan fingerprint density at radius 1 is 0.581 bits per heavy atom. The second-order valence-electron chi connectivity index (χ2n) is 3.82. The molecule has 0 aliphatic heterocycles. The molecule has 19 nitrogen and oxygen atoms in total. The molecule has 0 radical (unpaired) electrons. The smallest absolute Gasteiger partial charge is 0.550 e. The van der Waals surface area contributed by atoms with Crippen molar-refractivity contribution < 1.29 is 154 Å². The van der Waals surface area contributed by atoms with Gasteiger partial charge in [0.25, 0.3) is 0 Å². The van der Waals surface area contributed by atoms with Crippen molar-refractivity contribution in [1.82, 2.24) is 0 Å². The molecule has 0 atom stereocenters. The van der Waals surface area contributed by atoms with Crippen molar-refractivity contribution in [3.63, 3.8) is 0 Å². The van der Waals surface area contributed by atoms with Gasteiger partial charge in [-0.1, -0.05) is 0 Å². The van der Waals surface area contributed by atoms with Crippen LogP contribution in [0.1, 0.15) is 12.8 Å². The van der Waals surface area contributed by atoms with Crippen LogP contribution in [0.2, 0.25) is 0 Å². The topological polar surface area (TPSA) is 381 Å². The van der Waals surface area contributed by atoms with E-state index in [9.17, 15) is 24.6 Å². The molecule has 0 rings (SSSR count). The van der Waals surface area contributed by atoms with Crippen LogP contribution in [-0.2, 0) is 14.4 Å². The predicted octanol–water partition coefficient (Wildman–Crippen LogP) is -18.1. The van der Waals surface area contributed by atoms with Crippen molar-refractivity contribution in [2.75, 3.05) is 0 Å². The molecule has 0 saturated carbocycles. The molecule has 0 aromatic rings. The van der Waals surface area contributed by atoms with Crippen LogP contribution in [0.15, 0.2) is 0 Å². The van der Waals surface area contributed by atoms with E-state index in [0.717, 1.165) is 0 Å². The second-order valence-corrected chi connectivity index (χ2v) is 3.82. The van der Waals surface area contributed by atoms with Gasteiger partial charge < -0.3 is 90.3 Å². The van der Waals surface area contributed by atoms with Crippen LogP contribution in [0.3, 0.4) is 0 Å². The normalized spacial score (nSPS) is 8.03.